The van der Waals surface area contributed by atoms with Crippen LogP contribution in [0.2, 0.25) is 0 Å². The molecular formula is C12H26N2OS. The second kappa shape index (κ2) is 7.41. The second-order valence-corrected chi connectivity index (χ2v) is 6.52. The third-order valence-corrected chi connectivity index (χ3v) is 4.80. The van der Waals surface area contributed by atoms with E-state index in [2.05, 4.69) is 24.1 Å². The van der Waals surface area contributed by atoms with E-state index in [1.807, 2.05) is 6.92 Å². The molecule has 0 spiro atoms. The van der Waals surface area contributed by atoms with E-state index in [1.165, 1.54) is 19.5 Å². The van der Waals surface area contributed by atoms with E-state index in [9.17, 15) is 4.21 Å². The van der Waals surface area contributed by atoms with Gasteiger partial charge in [0.1, 0.15) is 0 Å². The number of piperidine rings is 1. The first kappa shape index (κ1) is 14.1. The molecule has 0 aromatic heterocycles. The number of hydrogen-bond donors (Lipinski definition) is 1. The summed E-state index contributed by atoms with van der Waals surface area (Å²) >= 11 is 0. The van der Waals surface area contributed by atoms with Gasteiger partial charge in [-0.2, -0.15) is 0 Å². The van der Waals surface area contributed by atoms with Gasteiger partial charge in [0.25, 0.3) is 0 Å². The van der Waals surface area contributed by atoms with Gasteiger partial charge in [-0.25, -0.2) is 0 Å². The van der Waals surface area contributed by atoms with Crippen molar-refractivity contribution in [3.63, 3.8) is 0 Å². The monoisotopic (exact) mass is 246 g/mol. The van der Waals surface area contributed by atoms with E-state index in [1.54, 1.807) is 0 Å². The Hall–Kier alpha value is 0.0700. The van der Waals surface area contributed by atoms with Crippen LogP contribution in [-0.2, 0) is 10.8 Å². The van der Waals surface area contributed by atoms with Crippen LogP contribution >= 0.6 is 0 Å². The van der Waals surface area contributed by atoms with E-state index >= 15 is 0 Å². The van der Waals surface area contributed by atoms with Crippen LogP contribution in [-0.4, -0.2) is 52.8 Å². The zero-order valence-electron chi connectivity index (χ0n) is 10.9. The molecule has 0 radical (unpaired) electrons. The standard InChI is InChI=1S/C12H26N2OS/c1-4-14-8-6-12(11(3)10-14)13-7-9-16(15)5-2/h11-13H,4-10H2,1-3H3. The zero-order valence-corrected chi connectivity index (χ0v) is 11.7. The molecule has 1 N–H and O–H groups in total. The lowest BCUT2D eigenvalue weighted by atomic mass is 9.94. The predicted molar refractivity (Wildman–Crippen MR) is 71.2 cm³/mol. The Morgan fingerprint density at radius 3 is 2.75 bits per heavy atom. The molecule has 16 heavy (non-hydrogen) atoms. The van der Waals surface area contributed by atoms with Crippen LogP contribution in [0.5, 0.6) is 0 Å². The summed E-state index contributed by atoms with van der Waals surface area (Å²) in [5.74, 6) is 2.30. The van der Waals surface area contributed by atoms with Crippen LogP contribution in [0.25, 0.3) is 0 Å². The molecule has 1 fully saturated rings. The lowest BCUT2D eigenvalue weighted by Crippen LogP contribution is -2.48. The van der Waals surface area contributed by atoms with Crippen molar-refractivity contribution in [3.8, 4) is 0 Å². The summed E-state index contributed by atoms with van der Waals surface area (Å²) in [6, 6.07) is 0.622. The minimum absolute atomic E-state index is 0.622. The van der Waals surface area contributed by atoms with E-state index in [4.69, 9.17) is 0 Å². The number of rotatable bonds is 6. The van der Waals surface area contributed by atoms with Gasteiger partial charge in [-0.1, -0.05) is 20.8 Å². The number of hydrogen-bond acceptors (Lipinski definition) is 3. The summed E-state index contributed by atoms with van der Waals surface area (Å²) in [5.41, 5.74) is 0. The molecule has 0 aromatic rings. The summed E-state index contributed by atoms with van der Waals surface area (Å²) in [6.45, 7) is 11.0. The van der Waals surface area contributed by atoms with Crippen LogP contribution in [0, 0.1) is 5.92 Å². The third kappa shape index (κ3) is 4.52. The van der Waals surface area contributed by atoms with Gasteiger partial charge in [-0.05, 0) is 25.4 Å². The van der Waals surface area contributed by atoms with Crippen LogP contribution in [0.15, 0.2) is 0 Å². The SMILES string of the molecule is CCN1CCC(NCCS(=O)CC)C(C)C1. The van der Waals surface area contributed by atoms with Crippen LogP contribution in [0.3, 0.4) is 0 Å². The number of nitrogens with one attached hydrogen (secondary N) is 1. The third-order valence-electron chi connectivity index (χ3n) is 3.49. The van der Waals surface area contributed by atoms with E-state index < -0.39 is 10.8 Å². The Balaban J connectivity index is 2.20. The van der Waals surface area contributed by atoms with Gasteiger partial charge in [0.15, 0.2) is 0 Å². The van der Waals surface area contributed by atoms with Gasteiger partial charge < -0.3 is 10.2 Å². The van der Waals surface area contributed by atoms with Gasteiger partial charge in [0, 0.05) is 41.4 Å². The van der Waals surface area contributed by atoms with Gasteiger partial charge in [-0.15, -0.1) is 0 Å². The van der Waals surface area contributed by atoms with E-state index in [-0.39, 0.29) is 0 Å². The van der Waals surface area contributed by atoms with E-state index in [0.29, 0.717) is 12.0 Å². The van der Waals surface area contributed by atoms with Gasteiger partial charge >= 0.3 is 0 Å². The number of nitrogens with zero attached hydrogens (tertiary/aromatic N) is 1. The number of likely N-dealkylation sites (tertiary alicyclic amines) is 1. The average Bonchev–Trinajstić information content (AvgIpc) is 2.30. The smallest absolute Gasteiger partial charge is 0.0360 e. The van der Waals surface area contributed by atoms with Crippen molar-refractivity contribution < 1.29 is 4.21 Å². The first-order chi connectivity index (χ1) is 7.67. The highest BCUT2D eigenvalue weighted by atomic mass is 32.2. The van der Waals surface area contributed by atoms with Crippen LogP contribution in [0.1, 0.15) is 27.2 Å². The second-order valence-electron chi connectivity index (χ2n) is 4.65. The van der Waals surface area contributed by atoms with Crippen molar-refractivity contribution in [2.75, 3.05) is 37.7 Å². The summed E-state index contributed by atoms with van der Waals surface area (Å²) in [6.07, 6.45) is 1.23. The maximum atomic E-state index is 11.3. The minimum atomic E-state index is -0.624. The lowest BCUT2D eigenvalue weighted by Gasteiger charge is -2.36. The van der Waals surface area contributed by atoms with Gasteiger partial charge in [0.2, 0.25) is 0 Å². The van der Waals surface area contributed by atoms with Gasteiger partial charge in [0.05, 0.1) is 0 Å². The van der Waals surface area contributed by atoms with Crippen molar-refractivity contribution in [2.45, 2.75) is 33.2 Å². The molecule has 1 heterocycles. The molecule has 3 atom stereocenters. The molecule has 1 aliphatic rings. The van der Waals surface area contributed by atoms with Crippen molar-refractivity contribution in [2.24, 2.45) is 5.92 Å². The summed E-state index contributed by atoms with van der Waals surface area (Å²) in [4.78, 5) is 2.51. The fraction of sp³-hybridized carbons (Fsp3) is 1.00. The molecule has 1 saturated heterocycles. The first-order valence-electron chi connectivity index (χ1n) is 6.48. The highest BCUT2D eigenvalue weighted by Gasteiger charge is 2.24. The Morgan fingerprint density at radius 2 is 2.19 bits per heavy atom. The lowest BCUT2D eigenvalue weighted by molar-refractivity contribution is 0.155. The van der Waals surface area contributed by atoms with Crippen molar-refractivity contribution in [1.82, 2.24) is 10.2 Å². The quantitative estimate of drug-likeness (QED) is 0.761. The molecule has 1 aliphatic heterocycles. The van der Waals surface area contributed by atoms with Crippen LogP contribution in [0.4, 0.5) is 0 Å². The average molecular weight is 246 g/mol. The van der Waals surface area contributed by atoms with Crippen molar-refractivity contribution in [1.29, 1.82) is 0 Å². The fourth-order valence-electron chi connectivity index (χ4n) is 2.32. The molecule has 3 nitrogen and oxygen atoms in total. The highest BCUT2D eigenvalue weighted by Crippen LogP contribution is 2.16. The molecular weight excluding hydrogens is 220 g/mol. The Kier molecular flexibility index (Phi) is 6.54. The highest BCUT2D eigenvalue weighted by molar-refractivity contribution is 7.84. The Labute approximate surface area is 102 Å². The van der Waals surface area contributed by atoms with Gasteiger partial charge in [-0.3, -0.25) is 4.21 Å². The Morgan fingerprint density at radius 1 is 1.44 bits per heavy atom. The molecule has 0 saturated carbocycles. The maximum Gasteiger partial charge on any atom is 0.0360 e. The summed E-state index contributed by atoms with van der Waals surface area (Å²) < 4.78 is 11.3. The Bertz CT molecular complexity index is 223. The summed E-state index contributed by atoms with van der Waals surface area (Å²) in [7, 11) is -0.624. The molecule has 0 amide bonds. The first-order valence-corrected chi connectivity index (χ1v) is 7.96. The minimum Gasteiger partial charge on any atom is -0.313 e. The molecule has 96 valence electrons. The largest absolute Gasteiger partial charge is 0.313 e. The van der Waals surface area contributed by atoms with Crippen LogP contribution < -0.4 is 5.32 Å². The molecule has 0 aliphatic carbocycles. The molecule has 0 bridgehead atoms. The van der Waals surface area contributed by atoms with Crippen molar-refractivity contribution in [3.05, 3.63) is 0 Å². The van der Waals surface area contributed by atoms with E-state index in [0.717, 1.165) is 24.6 Å². The molecule has 3 unspecified atom stereocenters. The predicted octanol–water partition coefficient (Wildman–Crippen LogP) is 1.07. The van der Waals surface area contributed by atoms with Crippen molar-refractivity contribution >= 4 is 10.8 Å². The molecule has 4 heteroatoms. The molecule has 1 rings (SSSR count). The fourth-order valence-corrected chi connectivity index (χ4v) is 2.96. The zero-order chi connectivity index (χ0) is 12.0. The molecule has 0 aromatic carbocycles. The topological polar surface area (TPSA) is 32.3 Å². The summed E-state index contributed by atoms with van der Waals surface area (Å²) in [5, 5.41) is 3.56. The normalized spacial score (nSPS) is 29.2. The maximum absolute atomic E-state index is 11.3.